The van der Waals surface area contributed by atoms with Crippen molar-refractivity contribution in [3.05, 3.63) is 70.3 Å². The molecule has 4 nitrogen and oxygen atoms in total. The molecule has 0 bridgehead atoms. The van der Waals surface area contributed by atoms with E-state index in [9.17, 15) is 0 Å². The third-order valence-electron chi connectivity index (χ3n) is 4.54. The Morgan fingerprint density at radius 1 is 0.880 bits per heavy atom. The number of para-hydroxylation sites is 1. The molecule has 0 aliphatic rings. The van der Waals surface area contributed by atoms with Crippen molar-refractivity contribution in [2.45, 2.75) is 20.8 Å². The molecule has 0 saturated carbocycles. The number of nitrogens with one attached hydrogen (secondary N) is 1. The van der Waals surface area contributed by atoms with Crippen LogP contribution in [-0.2, 0) is 0 Å². The highest BCUT2D eigenvalue weighted by molar-refractivity contribution is 7.71. The predicted molar refractivity (Wildman–Crippen MR) is 104 cm³/mol. The fourth-order valence-electron chi connectivity index (χ4n) is 3.33. The molecule has 124 valence electrons. The monoisotopic (exact) mass is 346 g/mol. The van der Waals surface area contributed by atoms with E-state index < -0.39 is 0 Å². The number of rotatable bonds is 2. The summed E-state index contributed by atoms with van der Waals surface area (Å²) in [7, 11) is 0. The third kappa shape index (κ3) is 2.48. The van der Waals surface area contributed by atoms with Crippen molar-refractivity contribution < 1.29 is 0 Å². The summed E-state index contributed by atoms with van der Waals surface area (Å²) in [5, 5.41) is 0. The van der Waals surface area contributed by atoms with E-state index in [1.807, 2.05) is 16.7 Å². The van der Waals surface area contributed by atoms with Gasteiger partial charge in [-0.25, -0.2) is 9.97 Å². The Morgan fingerprint density at radius 2 is 1.56 bits per heavy atom. The summed E-state index contributed by atoms with van der Waals surface area (Å²) in [6.07, 6.45) is 1.61. The van der Waals surface area contributed by atoms with Gasteiger partial charge in [-0.3, -0.25) is 4.57 Å². The lowest BCUT2D eigenvalue weighted by Gasteiger charge is -2.11. The Bertz CT molecular complexity index is 1130. The molecule has 1 N–H and O–H groups in total. The molecule has 0 atom stereocenters. The number of hydrogen-bond donors (Lipinski definition) is 1. The van der Waals surface area contributed by atoms with Crippen molar-refractivity contribution in [1.82, 2.24) is 19.5 Å². The van der Waals surface area contributed by atoms with Crippen LogP contribution >= 0.6 is 12.2 Å². The van der Waals surface area contributed by atoms with Gasteiger partial charge in [0.15, 0.2) is 10.4 Å². The van der Waals surface area contributed by atoms with Crippen molar-refractivity contribution in [1.29, 1.82) is 0 Å². The van der Waals surface area contributed by atoms with Crippen LogP contribution in [0.15, 0.2) is 48.8 Å². The average molecular weight is 346 g/mol. The number of benzene rings is 2. The van der Waals surface area contributed by atoms with Crippen LogP contribution in [0.5, 0.6) is 0 Å². The maximum absolute atomic E-state index is 5.64. The first-order valence-electron chi connectivity index (χ1n) is 8.16. The zero-order chi connectivity index (χ0) is 17.6. The Hall–Kier alpha value is -2.79. The minimum atomic E-state index is 0.628. The molecule has 25 heavy (non-hydrogen) atoms. The molecule has 4 aromatic rings. The van der Waals surface area contributed by atoms with Gasteiger partial charge in [0, 0.05) is 5.56 Å². The summed E-state index contributed by atoms with van der Waals surface area (Å²) in [4.78, 5) is 12.4. The van der Waals surface area contributed by atoms with Gasteiger partial charge >= 0.3 is 0 Å². The van der Waals surface area contributed by atoms with E-state index >= 15 is 0 Å². The van der Waals surface area contributed by atoms with Crippen LogP contribution in [0.1, 0.15) is 16.7 Å². The van der Waals surface area contributed by atoms with E-state index in [1.54, 1.807) is 6.33 Å². The van der Waals surface area contributed by atoms with Crippen LogP contribution in [0.3, 0.4) is 0 Å². The average Bonchev–Trinajstić information content (AvgIpc) is 2.92. The maximum Gasteiger partial charge on any atom is 0.184 e. The van der Waals surface area contributed by atoms with E-state index in [0.717, 1.165) is 39.2 Å². The van der Waals surface area contributed by atoms with Crippen molar-refractivity contribution in [2.24, 2.45) is 0 Å². The number of imidazole rings is 1. The quantitative estimate of drug-likeness (QED) is 0.515. The maximum atomic E-state index is 5.64. The molecule has 5 heteroatoms. The lowest BCUT2D eigenvalue weighted by molar-refractivity contribution is 1.01. The zero-order valence-corrected chi connectivity index (χ0v) is 15.2. The van der Waals surface area contributed by atoms with Gasteiger partial charge in [0.1, 0.15) is 11.8 Å². The summed E-state index contributed by atoms with van der Waals surface area (Å²) in [6, 6.07) is 14.4. The van der Waals surface area contributed by atoms with Gasteiger partial charge in [0.05, 0.1) is 11.4 Å². The zero-order valence-electron chi connectivity index (χ0n) is 14.4. The van der Waals surface area contributed by atoms with Crippen LogP contribution < -0.4 is 0 Å². The number of aryl methyl sites for hydroxylation is 3. The van der Waals surface area contributed by atoms with E-state index in [2.05, 4.69) is 66.1 Å². The highest BCUT2D eigenvalue weighted by atomic mass is 32.1. The van der Waals surface area contributed by atoms with E-state index in [4.69, 9.17) is 12.2 Å². The van der Waals surface area contributed by atoms with Crippen molar-refractivity contribution in [3.8, 4) is 16.9 Å². The van der Waals surface area contributed by atoms with Gasteiger partial charge in [-0.15, -0.1) is 0 Å². The third-order valence-corrected chi connectivity index (χ3v) is 4.82. The number of aromatic amines is 1. The van der Waals surface area contributed by atoms with E-state index in [-0.39, 0.29) is 0 Å². The molecule has 0 fully saturated rings. The number of aromatic nitrogens is 4. The first kappa shape index (κ1) is 15.7. The number of hydrogen-bond acceptors (Lipinski definition) is 3. The Balaban J connectivity index is 2.08. The molecule has 2 aromatic heterocycles. The van der Waals surface area contributed by atoms with Gasteiger partial charge < -0.3 is 4.98 Å². The summed E-state index contributed by atoms with van der Waals surface area (Å²) in [5.41, 5.74) is 8.19. The van der Waals surface area contributed by atoms with Crippen LogP contribution in [-0.4, -0.2) is 19.5 Å². The van der Waals surface area contributed by atoms with Gasteiger partial charge in [0.25, 0.3) is 0 Å². The van der Waals surface area contributed by atoms with Crippen molar-refractivity contribution in [3.63, 3.8) is 0 Å². The Kier molecular flexibility index (Phi) is 3.73. The fraction of sp³-hybridized carbons (Fsp3) is 0.150. The molecule has 0 spiro atoms. The Morgan fingerprint density at radius 3 is 2.28 bits per heavy atom. The van der Waals surface area contributed by atoms with E-state index in [1.165, 1.54) is 5.56 Å². The van der Waals surface area contributed by atoms with Crippen LogP contribution in [0.2, 0.25) is 0 Å². The molecule has 0 unspecified atom stereocenters. The minimum Gasteiger partial charge on any atom is -0.327 e. The van der Waals surface area contributed by atoms with Gasteiger partial charge in [-0.05, 0) is 49.7 Å². The molecular weight excluding hydrogens is 328 g/mol. The molecule has 0 radical (unpaired) electrons. The highest BCUT2D eigenvalue weighted by Crippen LogP contribution is 2.30. The van der Waals surface area contributed by atoms with Crippen LogP contribution in [0.25, 0.3) is 28.1 Å². The number of H-pyrrole nitrogens is 1. The first-order chi connectivity index (χ1) is 12.1. The summed E-state index contributed by atoms with van der Waals surface area (Å²) in [5.74, 6) is 0. The van der Waals surface area contributed by atoms with Gasteiger partial charge in [0.2, 0.25) is 0 Å². The predicted octanol–water partition coefficient (Wildman–Crippen LogP) is 5.07. The second-order valence-corrected chi connectivity index (χ2v) is 6.63. The molecule has 0 saturated heterocycles. The van der Waals surface area contributed by atoms with E-state index in [0.29, 0.717) is 4.77 Å². The lowest BCUT2D eigenvalue weighted by atomic mass is 10.1. The highest BCUT2D eigenvalue weighted by Gasteiger charge is 2.16. The lowest BCUT2D eigenvalue weighted by Crippen LogP contribution is -2.01. The molecule has 0 aliphatic carbocycles. The standard InChI is InChI=1S/C20H18N4S/c1-12-7-4-5-10-15(12)16-17-19(22-11-21-16)24(20(25)23-17)18-13(2)8-6-9-14(18)3/h4-11H,1-3H3,(H,23,25). The summed E-state index contributed by atoms with van der Waals surface area (Å²) in [6.45, 7) is 6.26. The number of fused-ring (bicyclic) bond motifs is 1. The largest absolute Gasteiger partial charge is 0.327 e. The SMILES string of the molecule is Cc1ccccc1-c1ncnc2c1[nH]c(=S)n2-c1c(C)cccc1C. The molecule has 0 aliphatic heterocycles. The summed E-state index contributed by atoms with van der Waals surface area (Å²) < 4.78 is 2.64. The van der Waals surface area contributed by atoms with Crippen LogP contribution in [0, 0.1) is 25.5 Å². The van der Waals surface area contributed by atoms with Crippen molar-refractivity contribution in [2.75, 3.05) is 0 Å². The van der Waals surface area contributed by atoms with Gasteiger partial charge in [-0.1, -0.05) is 42.5 Å². The topological polar surface area (TPSA) is 46.5 Å². The molecule has 4 rings (SSSR count). The minimum absolute atomic E-state index is 0.628. The fourth-order valence-corrected chi connectivity index (χ4v) is 3.61. The van der Waals surface area contributed by atoms with Gasteiger partial charge in [-0.2, -0.15) is 0 Å². The second-order valence-electron chi connectivity index (χ2n) is 6.24. The smallest absolute Gasteiger partial charge is 0.184 e. The van der Waals surface area contributed by atoms with Crippen molar-refractivity contribution >= 4 is 23.4 Å². The molecule has 2 heterocycles. The summed E-state index contributed by atoms with van der Waals surface area (Å²) >= 11 is 5.64. The molecule has 0 amide bonds. The normalized spacial score (nSPS) is 11.2. The number of nitrogens with zero attached hydrogens (tertiary/aromatic N) is 3. The molecular formula is C20H18N4S. The van der Waals surface area contributed by atoms with Crippen LogP contribution in [0.4, 0.5) is 0 Å². The molecule has 2 aromatic carbocycles. The first-order valence-corrected chi connectivity index (χ1v) is 8.57. The second kappa shape index (κ2) is 5.93. The Labute approximate surface area is 151 Å².